The van der Waals surface area contributed by atoms with Gasteiger partial charge in [0.05, 0.1) is 0 Å². The molecule has 2 aliphatic rings. The maximum Gasteiger partial charge on any atom is 0.303 e. The Hall–Kier alpha value is -2.10. The average Bonchev–Trinajstić information content (AvgIpc) is 2.89. The van der Waals surface area contributed by atoms with Crippen molar-refractivity contribution in [3.8, 4) is 0 Å². The summed E-state index contributed by atoms with van der Waals surface area (Å²) in [6.45, 7) is 6.20. The number of allylic oxidation sites excluding steroid dienone is 7. The molecule has 2 aliphatic carbocycles. The summed E-state index contributed by atoms with van der Waals surface area (Å²) in [4.78, 5) is 21.5. The number of carboxylic acids is 2. The zero-order valence-electron chi connectivity index (χ0n) is 24.0. The Morgan fingerprint density at radius 3 is 2.00 bits per heavy atom. The van der Waals surface area contributed by atoms with Crippen molar-refractivity contribution < 1.29 is 19.8 Å². The van der Waals surface area contributed by atoms with Crippen molar-refractivity contribution in [3.05, 3.63) is 48.6 Å². The monoisotopic (exact) mass is 526 g/mol. The van der Waals surface area contributed by atoms with Crippen LogP contribution in [0.4, 0.5) is 0 Å². The van der Waals surface area contributed by atoms with Gasteiger partial charge in [-0.1, -0.05) is 120 Å². The molecule has 2 rings (SSSR count). The standard InChI is InChI=1S/C34H54O4/c1-3-5-17-27-23-24-30-25-28(18-13-9-7-11-15-21-33(35)36)29(26-32(30)31(27)20-6-4-2)19-14-10-8-12-16-22-34(37)38/h4,6,20,23-24,26-31H,2-3,5,7-19,21-22,25H2,1H3,(H,35,36)(H,37,38). The summed E-state index contributed by atoms with van der Waals surface area (Å²) < 4.78 is 0. The van der Waals surface area contributed by atoms with Gasteiger partial charge in [-0.2, -0.15) is 0 Å². The number of rotatable bonds is 21. The number of fused-ring (bicyclic) bond motifs is 1. The van der Waals surface area contributed by atoms with E-state index in [0.717, 1.165) is 44.4 Å². The fourth-order valence-corrected chi connectivity index (χ4v) is 6.55. The molecule has 0 bridgehead atoms. The summed E-state index contributed by atoms with van der Waals surface area (Å²) in [5.74, 6) is 1.62. The molecule has 0 fully saturated rings. The average molecular weight is 527 g/mol. The number of hydrogen-bond acceptors (Lipinski definition) is 2. The number of carbonyl (C=O) groups is 2. The van der Waals surface area contributed by atoms with Crippen LogP contribution in [0.1, 0.15) is 122 Å². The van der Waals surface area contributed by atoms with E-state index in [-0.39, 0.29) is 0 Å². The van der Waals surface area contributed by atoms with Crippen LogP contribution in [0.2, 0.25) is 0 Å². The Kier molecular flexibility index (Phi) is 16.1. The van der Waals surface area contributed by atoms with Crippen molar-refractivity contribution in [3.63, 3.8) is 0 Å². The van der Waals surface area contributed by atoms with Gasteiger partial charge in [-0.05, 0) is 62.2 Å². The van der Waals surface area contributed by atoms with Crippen molar-refractivity contribution in [2.75, 3.05) is 0 Å². The fourth-order valence-electron chi connectivity index (χ4n) is 6.55. The Labute approximate surface area is 232 Å². The zero-order chi connectivity index (χ0) is 27.6. The third kappa shape index (κ3) is 12.2. The van der Waals surface area contributed by atoms with Crippen LogP contribution in [0.15, 0.2) is 48.6 Å². The van der Waals surface area contributed by atoms with Gasteiger partial charge in [-0.3, -0.25) is 9.59 Å². The Balaban J connectivity index is 2.01. The molecule has 2 N–H and O–H groups in total. The molecule has 0 aromatic heterocycles. The Bertz CT molecular complexity index is 792. The van der Waals surface area contributed by atoms with Gasteiger partial charge in [-0.15, -0.1) is 0 Å². The largest absolute Gasteiger partial charge is 0.481 e. The minimum Gasteiger partial charge on any atom is -0.481 e. The highest BCUT2D eigenvalue weighted by Crippen LogP contribution is 2.47. The van der Waals surface area contributed by atoms with E-state index in [2.05, 4.69) is 43.9 Å². The van der Waals surface area contributed by atoms with Gasteiger partial charge < -0.3 is 10.2 Å². The first-order valence-electron chi connectivity index (χ1n) is 15.6. The van der Waals surface area contributed by atoms with E-state index < -0.39 is 11.9 Å². The Morgan fingerprint density at radius 2 is 1.39 bits per heavy atom. The lowest BCUT2D eigenvalue weighted by Gasteiger charge is -2.41. The van der Waals surface area contributed by atoms with Crippen molar-refractivity contribution in [2.24, 2.45) is 29.6 Å². The van der Waals surface area contributed by atoms with E-state index in [4.69, 9.17) is 10.2 Å². The maximum absolute atomic E-state index is 10.8. The Morgan fingerprint density at radius 1 is 0.816 bits per heavy atom. The van der Waals surface area contributed by atoms with Crippen LogP contribution in [0.3, 0.4) is 0 Å². The zero-order valence-corrected chi connectivity index (χ0v) is 24.0. The third-order valence-electron chi connectivity index (χ3n) is 8.67. The van der Waals surface area contributed by atoms with Crippen LogP contribution in [-0.2, 0) is 9.59 Å². The number of unbranched alkanes of at least 4 members (excludes halogenated alkanes) is 9. The van der Waals surface area contributed by atoms with Crippen molar-refractivity contribution in [1.82, 2.24) is 0 Å². The van der Waals surface area contributed by atoms with E-state index in [1.165, 1.54) is 64.2 Å². The molecular weight excluding hydrogens is 472 g/mol. The SMILES string of the molecule is C=CC=CC1C2=CC(CCCCCCCC(=O)O)C(CCCCCCCC(=O)O)CC2C=CC1CCCC. The lowest BCUT2D eigenvalue weighted by atomic mass is 9.63. The first-order valence-corrected chi connectivity index (χ1v) is 15.6. The molecule has 4 nitrogen and oxygen atoms in total. The fraction of sp³-hybridized carbons (Fsp3) is 0.706. The topological polar surface area (TPSA) is 74.6 Å². The second-order valence-electron chi connectivity index (χ2n) is 11.7. The molecule has 0 heterocycles. The molecule has 0 amide bonds. The molecule has 0 saturated heterocycles. The minimum absolute atomic E-state index is 0.292. The highest BCUT2D eigenvalue weighted by atomic mass is 16.4. The summed E-state index contributed by atoms with van der Waals surface area (Å²) in [5, 5.41) is 17.7. The number of carboxylic acid groups (broad SMARTS) is 2. The third-order valence-corrected chi connectivity index (χ3v) is 8.67. The molecule has 4 heteroatoms. The first kappa shape index (κ1) is 32.1. The molecule has 0 spiro atoms. The molecule has 5 unspecified atom stereocenters. The summed E-state index contributed by atoms with van der Waals surface area (Å²) >= 11 is 0. The van der Waals surface area contributed by atoms with Gasteiger partial charge in [0.1, 0.15) is 0 Å². The molecule has 0 aliphatic heterocycles. The predicted octanol–water partition coefficient (Wildman–Crippen LogP) is 9.53. The summed E-state index contributed by atoms with van der Waals surface area (Å²) in [5.41, 5.74) is 1.64. The molecular formula is C34H54O4. The van der Waals surface area contributed by atoms with E-state index in [9.17, 15) is 9.59 Å². The second kappa shape index (κ2) is 19.0. The molecule has 5 atom stereocenters. The van der Waals surface area contributed by atoms with Crippen LogP contribution in [0, 0.1) is 29.6 Å². The van der Waals surface area contributed by atoms with Gasteiger partial charge >= 0.3 is 11.9 Å². The van der Waals surface area contributed by atoms with Crippen molar-refractivity contribution in [2.45, 2.75) is 122 Å². The lowest BCUT2D eigenvalue weighted by Crippen LogP contribution is -2.31. The lowest BCUT2D eigenvalue weighted by molar-refractivity contribution is -0.138. The van der Waals surface area contributed by atoms with E-state index >= 15 is 0 Å². The molecule has 0 aromatic carbocycles. The van der Waals surface area contributed by atoms with Crippen LogP contribution in [0.25, 0.3) is 0 Å². The van der Waals surface area contributed by atoms with E-state index in [1.54, 1.807) is 5.57 Å². The minimum atomic E-state index is -0.683. The molecule has 0 radical (unpaired) electrons. The van der Waals surface area contributed by atoms with Gasteiger partial charge in [0.25, 0.3) is 0 Å². The van der Waals surface area contributed by atoms with E-state index in [0.29, 0.717) is 36.5 Å². The van der Waals surface area contributed by atoms with Crippen molar-refractivity contribution >= 4 is 11.9 Å². The number of aliphatic carboxylic acids is 2. The van der Waals surface area contributed by atoms with Crippen LogP contribution in [-0.4, -0.2) is 22.2 Å². The second-order valence-corrected chi connectivity index (χ2v) is 11.7. The van der Waals surface area contributed by atoms with Gasteiger partial charge in [0.2, 0.25) is 0 Å². The van der Waals surface area contributed by atoms with Gasteiger partial charge in [0, 0.05) is 18.8 Å². The first-order chi connectivity index (χ1) is 18.5. The molecule has 214 valence electrons. The molecule has 38 heavy (non-hydrogen) atoms. The smallest absolute Gasteiger partial charge is 0.303 e. The molecule has 0 saturated carbocycles. The molecule has 0 aromatic rings. The summed E-state index contributed by atoms with van der Waals surface area (Å²) in [7, 11) is 0. The predicted molar refractivity (Wildman–Crippen MR) is 158 cm³/mol. The van der Waals surface area contributed by atoms with Gasteiger partial charge in [0.15, 0.2) is 0 Å². The van der Waals surface area contributed by atoms with Crippen LogP contribution < -0.4 is 0 Å². The summed E-state index contributed by atoms with van der Waals surface area (Å²) in [6.07, 6.45) is 33.0. The number of hydrogen-bond donors (Lipinski definition) is 2. The highest BCUT2D eigenvalue weighted by molar-refractivity contribution is 5.66. The van der Waals surface area contributed by atoms with Crippen LogP contribution >= 0.6 is 0 Å². The van der Waals surface area contributed by atoms with E-state index in [1.807, 2.05) is 6.08 Å². The van der Waals surface area contributed by atoms with Crippen LogP contribution in [0.5, 0.6) is 0 Å². The highest BCUT2D eigenvalue weighted by Gasteiger charge is 2.36. The summed E-state index contributed by atoms with van der Waals surface area (Å²) in [6, 6.07) is 0. The normalized spacial score (nSPS) is 24.8. The van der Waals surface area contributed by atoms with Crippen molar-refractivity contribution in [1.29, 1.82) is 0 Å². The maximum atomic E-state index is 10.8. The van der Waals surface area contributed by atoms with Gasteiger partial charge in [-0.25, -0.2) is 0 Å². The quantitative estimate of drug-likeness (QED) is 0.0887.